The first-order chi connectivity index (χ1) is 10.2. The van der Waals surface area contributed by atoms with E-state index in [0.717, 1.165) is 12.8 Å². The smallest absolute Gasteiger partial charge is 0.302 e. The summed E-state index contributed by atoms with van der Waals surface area (Å²) in [5, 5.41) is 10.5. The summed E-state index contributed by atoms with van der Waals surface area (Å²) >= 11 is 0. The fourth-order valence-electron chi connectivity index (χ4n) is 2.61. The second-order valence-corrected chi connectivity index (χ2v) is 6.53. The molecular weight excluding hydrogens is 308 g/mol. The molecule has 7 heteroatoms. The van der Waals surface area contributed by atoms with E-state index in [-0.39, 0.29) is 23.2 Å². The Morgan fingerprint density at radius 2 is 1.68 bits per heavy atom. The van der Waals surface area contributed by atoms with Crippen LogP contribution < -0.4 is 9.47 Å². The topological polar surface area (TPSA) is 93.1 Å². The van der Waals surface area contributed by atoms with Crippen LogP contribution in [0.3, 0.4) is 0 Å². The summed E-state index contributed by atoms with van der Waals surface area (Å²) in [7, 11) is -2.04. The molecule has 2 N–H and O–H groups in total. The highest BCUT2D eigenvalue weighted by atomic mass is 32.2. The summed E-state index contributed by atoms with van der Waals surface area (Å²) in [6.45, 7) is 5.84. The van der Waals surface area contributed by atoms with Crippen molar-refractivity contribution < 1.29 is 27.6 Å². The van der Waals surface area contributed by atoms with Crippen molar-refractivity contribution in [3.05, 3.63) is 11.1 Å². The van der Waals surface area contributed by atoms with Crippen molar-refractivity contribution in [2.75, 3.05) is 14.2 Å². The number of methoxy groups -OCH3 is 2. The molecule has 0 fully saturated rings. The molecule has 0 aromatic heterocycles. The fourth-order valence-corrected chi connectivity index (χ4v) is 3.46. The molecule has 0 spiro atoms. The highest BCUT2D eigenvalue weighted by molar-refractivity contribution is 7.86. The highest BCUT2D eigenvalue weighted by Gasteiger charge is 2.33. The molecule has 0 saturated carbocycles. The van der Waals surface area contributed by atoms with Crippen LogP contribution in [-0.2, 0) is 16.5 Å². The average Bonchev–Trinajstić information content (AvgIpc) is 2.45. The third-order valence-electron chi connectivity index (χ3n) is 3.75. The van der Waals surface area contributed by atoms with E-state index in [9.17, 15) is 18.1 Å². The van der Waals surface area contributed by atoms with Gasteiger partial charge in [-0.05, 0) is 18.8 Å². The van der Waals surface area contributed by atoms with Crippen molar-refractivity contribution in [3.8, 4) is 17.2 Å². The molecule has 0 aliphatic heterocycles. The molecule has 1 aromatic rings. The van der Waals surface area contributed by atoms with Crippen LogP contribution in [0, 0.1) is 0 Å². The SMILES string of the molecule is CCCc1c(OC)c(S(=O)(=O)O)c(OC)c(O)c1C(C)CC. The minimum absolute atomic E-state index is 0.0141. The van der Waals surface area contributed by atoms with E-state index in [2.05, 4.69) is 0 Å². The van der Waals surface area contributed by atoms with Gasteiger partial charge in [0.25, 0.3) is 0 Å². The lowest BCUT2D eigenvalue weighted by Crippen LogP contribution is -2.11. The Hall–Kier alpha value is -1.47. The third kappa shape index (κ3) is 3.30. The molecule has 0 heterocycles. The van der Waals surface area contributed by atoms with Crippen molar-refractivity contribution >= 4 is 10.1 Å². The molecule has 6 nitrogen and oxygen atoms in total. The molecule has 0 bridgehead atoms. The highest BCUT2D eigenvalue weighted by Crippen LogP contribution is 2.49. The normalized spacial score (nSPS) is 13.0. The molecule has 1 aromatic carbocycles. The first kappa shape index (κ1) is 18.6. The lowest BCUT2D eigenvalue weighted by Gasteiger charge is -2.23. The van der Waals surface area contributed by atoms with Crippen molar-refractivity contribution in [3.63, 3.8) is 0 Å². The Bertz CT molecular complexity index is 636. The number of ether oxygens (including phenoxy) is 2. The van der Waals surface area contributed by atoms with E-state index < -0.39 is 15.0 Å². The van der Waals surface area contributed by atoms with Gasteiger partial charge in [0.1, 0.15) is 5.75 Å². The van der Waals surface area contributed by atoms with Gasteiger partial charge in [0.15, 0.2) is 16.4 Å². The molecule has 0 aliphatic carbocycles. The van der Waals surface area contributed by atoms with E-state index >= 15 is 0 Å². The molecule has 1 rings (SSSR count). The van der Waals surface area contributed by atoms with Gasteiger partial charge in [-0.3, -0.25) is 4.55 Å². The third-order valence-corrected chi connectivity index (χ3v) is 4.64. The minimum Gasteiger partial charge on any atom is -0.504 e. The number of hydrogen-bond acceptors (Lipinski definition) is 5. The van der Waals surface area contributed by atoms with Gasteiger partial charge in [0.2, 0.25) is 0 Å². The molecule has 0 saturated heterocycles. The zero-order valence-electron chi connectivity index (χ0n) is 13.6. The summed E-state index contributed by atoms with van der Waals surface area (Å²) in [6, 6.07) is 0. The van der Waals surface area contributed by atoms with Crippen LogP contribution in [0.5, 0.6) is 17.2 Å². The number of phenols is 1. The van der Waals surface area contributed by atoms with Crippen molar-refractivity contribution in [1.82, 2.24) is 0 Å². The minimum atomic E-state index is -4.61. The Morgan fingerprint density at radius 3 is 2.05 bits per heavy atom. The Kier molecular flexibility index (Phi) is 6.08. The van der Waals surface area contributed by atoms with Crippen LogP contribution in [-0.4, -0.2) is 32.3 Å². The Balaban J connectivity index is 3.98. The molecule has 0 amide bonds. The van der Waals surface area contributed by atoms with Crippen LogP contribution in [0.4, 0.5) is 0 Å². The monoisotopic (exact) mass is 332 g/mol. The van der Waals surface area contributed by atoms with Crippen molar-refractivity contribution in [2.45, 2.75) is 50.8 Å². The molecule has 0 aliphatic rings. The number of benzene rings is 1. The van der Waals surface area contributed by atoms with Crippen LogP contribution in [0.25, 0.3) is 0 Å². The molecule has 0 radical (unpaired) electrons. The van der Waals surface area contributed by atoms with E-state index in [1.54, 1.807) is 0 Å². The zero-order valence-corrected chi connectivity index (χ0v) is 14.5. The first-order valence-corrected chi connectivity index (χ1v) is 8.65. The van der Waals surface area contributed by atoms with Gasteiger partial charge in [-0.15, -0.1) is 0 Å². The predicted octanol–water partition coefficient (Wildman–Crippen LogP) is 3.12. The van der Waals surface area contributed by atoms with Gasteiger partial charge in [-0.1, -0.05) is 27.2 Å². The second-order valence-electron chi connectivity index (χ2n) is 5.17. The maximum Gasteiger partial charge on any atom is 0.302 e. The Morgan fingerprint density at radius 1 is 1.14 bits per heavy atom. The molecule has 1 unspecified atom stereocenters. The number of rotatable bonds is 7. The summed E-state index contributed by atoms with van der Waals surface area (Å²) < 4.78 is 43.3. The first-order valence-electron chi connectivity index (χ1n) is 7.21. The number of aromatic hydroxyl groups is 1. The van der Waals surface area contributed by atoms with Gasteiger partial charge in [-0.2, -0.15) is 8.42 Å². The summed E-state index contributed by atoms with van der Waals surface area (Å²) in [5.74, 6) is -0.516. The van der Waals surface area contributed by atoms with E-state index in [1.807, 2.05) is 20.8 Å². The van der Waals surface area contributed by atoms with E-state index in [0.29, 0.717) is 17.5 Å². The standard InChI is InChI=1S/C15H24O6S/c1-6-8-10-11(9(3)7-2)12(16)14(21-5)15(13(10)20-4)22(17,18)19/h9,16H,6-8H2,1-5H3,(H,17,18,19). The van der Waals surface area contributed by atoms with Crippen LogP contribution in [0.15, 0.2) is 4.90 Å². The second kappa shape index (κ2) is 7.19. The quantitative estimate of drug-likeness (QED) is 0.745. The Labute approximate surface area is 131 Å². The van der Waals surface area contributed by atoms with Crippen LogP contribution >= 0.6 is 0 Å². The van der Waals surface area contributed by atoms with Gasteiger partial charge in [0, 0.05) is 11.1 Å². The van der Waals surface area contributed by atoms with Gasteiger partial charge < -0.3 is 14.6 Å². The summed E-state index contributed by atoms with van der Waals surface area (Å²) in [5.41, 5.74) is 1.19. The maximum atomic E-state index is 11.7. The summed E-state index contributed by atoms with van der Waals surface area (Å²) in [6.07, 6.45) is 2.00. The zero-order chi connectivity index (χ0) is 17.1. The molecule has 126 valence electrons. The average molecular weight is 332 g/mol. The van der Waals surface area contributed by atoms with Gasteiger partial charge in [0.05, 0.1) is 14.2 Å². The van der Waals surface area contributed by atoms with Crippen LogP contribution in [0.1, 0.15) is 50.7 Å². The summed E-state index contributed by atoms with van der Waals surface area (Å²) in [4.78, 5) is -0.523. The number of hydrogen-bond donors (Lipinski definition) is 2. The van der Waals surface area contributed by atoms with E-state index in [1.165, 1.54) is 14.2 Å². The lowest BCUT2D eigenvalue weighted by atomic mass is 9.89. The van der Waals surface area contributed by atoms with Gasteiger partial charge >= 0.3 is 10.1 Å². The maximum absolute atomic E-state index is 11.7. The van der Waals surface area contributed by atoms with Crippen molar-refractivity contribution in [2.24, 2.45) is 0 Å². The molecule has 1 atom stereocenters. The van der Waals surface area contributed by atoms with Crippen LogP contribution in [0.2, 0.25) is 0 Å². The van der Waals surface area contributed by atoms with Crippen molar-refractivity contribution in [1.29, 1.82) is 0 Å². The van der Waals surface area contributed by atoms with Gasteiger partial charge in [-0.25, -0.2) is 0 Å². The predicted molar refractivity (Wildman–Crippen MR) is 83.7 cm³/mol. The largest absolute Gasteiger partial charge is 0.504 e. The number of phenolic OH excluding ortho intramolecular Hbond substituents is 1. The van der Waals surface area contributed by atoms with E-state index in [4.69, 9.17) is 9.47 Å². The molecule has 22 heavy (non-hydrogen) atoms. The molecular formula is C15H24O6S. The lowest BCUT2D eigenvalue weighted by molar-refractivity contribution is 0.335. The fraction of sp³-hybridized carbons (Fsp3) is 0.600.